The Morgan fingerprint density at radius 2 is 1.76 bits per heavy atom. The Morgan fingerprint density at radius 1 is 1.09 bits per heavy atom. The van der Waals surface area contributed by atoms with Crippen LogP contribution < -0.4 is 29.1 Å². The smallest absolute Gasteiger partial charge is 0.328 e. The molecule has 1 aromatic heterocycles. The summed E-state index contributed by atoms with van der Waals surface area (Å²) in [5, 5.41) is 11.4. The Balaban J connectivity index is 1.49. The zero-order chi connectivity index (χ0) is 33.1. The van der Waals surface area contributed by atoms with Crippen LogP contribution in [0.15, 0.2) is 65.7 Å². The maximum atomic E-state index is 13.9. The van der Waals surface area contributed by atoms with Gasteiger partial charge in [0.05, 0.1) is 23.2 Å². The van der Waals surface area contributed by atoms with E-state index in [-0.39, 0.29) is 36.2 Å². The molecule has 0 aliphatic carbocycles. The van der Waals surface area contributed by atoms with Crippen LogP contribution in [0.4, 0.5) is 17.5 Å². The van der Waals surface area contributed by atoms with Gasteiger partial charge in [-0.25, -0.2) is 22.5 Å². The van der Waals surface area contributed by atoms with E-state index in [9.17, 15) is 31.5 Å². The van der Waals surface area contributed by atoms with E-state index in [1.165, 1.54) is 24.3 Å². The number of carbonyl (C=O) groups excluding carboxylic acids is 1. The maximum absolute atomic E-state index is 13.9. The Hall–Kier alpha value is -3.97. The summed E-state index contributed by atoms with van der Waals surface area (Å²) in [4.78, 5) is 33.8. The lowest BCUT2D eigenvalue weighted by atomic mass is 9.97. The molecule has 15 nitrogen and oxygen atoms in total. The first-order valence-corrected chi connectivity index (χ1v) is 18.4. The molecule has 3 aliphatic rings. The summed E-state index contributed by atoms with van der Waals surface area (Å²) < 4.78 is 63.5. The van der Waals surface area contributed by atoms with Crippen molar-refractivity contribution in [3.05, 3.63) is 66.4 Å². The summed E-state index contributed by atoms with van der Waals surface area (Å²) in [5.41, 5.74) is 6.94. The van der Waals surface area contributed by atoms with E-state index >= 15 is 0 Å². The number of hydrogen-bond acceptors (Lipinski definition) is 13. The molecule has 3 aromatic rings. The Bertz CT molecular complexity index is 1790. The lowest BCUT2D eigenvalue weighted by Gasteiger charge is -2.33. The molecule has 1 saturated heterocycles. The number of esters is 1. The predicted molar refractivity (Wildman–Crippen MR) is 172 cm³/mol. The lowest BCUT2D eigenvalue weighted by molar-refractivity contribution is -0.142. The van der Waals surface area contributed by atoms with Crippen molar-refractivity contribution in [1.82, 2.24) is 14.1 Å². The number of ether oxygens (including phenoxy) is 1. The standard InChI is InChI=1S/C28H33N7O8S3/c1-44-24-15-22(29)27(38)43-21-9-7-20(8-10-21)35(24)46(41,42)33-45(39,40)23-17-31-28(34-13-11-19(12-14-34)26(36)37)32-25(23)30-16-18-5-3-2-4-6-18/h2-10,17,19,22,24,33H,11-16,29H2,1H3,(H,36,37)(H,30,31,32). The number of fused-ring (bicyclic) bond motifs is 7. The largest absolute Gasteiger partial charge is 0.481 e. The minimum Gasteiger partial charge on any atom is -0.481 e. The van der Waals surface area contributed by atoms with Crippen LogP contribution in [0.5, 0.6) is 5.75 Å². The predicted octanol–water partition coefficient (Wildman–Crippen LogP) is 1.74. The van der Waals surface area contributed by atoms with Gasteiger partial charge in [-0.05, 0) is 48.9 Å². The highest BCUT2D eigenvalue weighted by Crippen LogP contribution is 2.32. The molecule has 2 unspecified atom stereocenters. The number of carboxylic acids is 1. The van der Waals surface area contributed by atoms with Gasteiger partial charge >= 0.3 is 22.1 Å². The van der Waals surface area contributed by atoms with Crippen LogP contribution in [0, 0.1) is 5.92 Å². The minimum absolute atomic E-state index is 0.120. The number of anilines is 3. The molecular weight excluding hydrogens is 659 g/mol. The summed E-state index contributed by atoms with van der Waals surface area (Å²) in [6.45, 7) is 0.843. The fourth-order valence-corrected chi connectivity index (χ4v) is 9.54. The number of nitrogens with zero attached hydrogens (tertiary/aromatic N) is 4. The number of aliphatic carboxylic acids is 1. The second kappa shape index (κ2) is 13.8. The number of carbonyl (C=O) groups is 2. The molecule has 0 saturated carbocycles. The summed E-state index contributed by atoms with van der Waals surface area (Å²) in [6, 6.07) is 13.5. The van der Waals surface area contributed by atoms with Crippen molar-refractivity contribution in [3.63, 3.8) is 0 Å². The van der Waals surface area contributed by atoms with Crippen LogP contribution in [0.2, 0.25) is 0 Å². The lowest BCUT2D eigenvalue weighted by Crippen LogP contribution is -2.50. The van der Waals surface area contributed by atoms with Gasteiger partial charge in [0.1, 0.15) is 16.7 Å². The van der Waals surface area contributed by atoms with E-state index in [0.29, 0.717) is 25.9 Å². The molecule has 46 heavy (non-hydrogen) atoms. The molecule has 0 spiro atoms. The number of carboxylic acid groups (broad SMARTS) is 1. The van der Waals surface area contributed by atoms with Gasteiger partial charge in [-0.3, -0.25) is 4.79 Å². The first-order valence-electron chi connectivity index (χ1n) is 14.2. The Morgan fingerprint density at radius 3 is 2.39 bits per heavy atom. The fraction of sp³-hybridized carbons (Fsp3) is 0.357. The van der Waals surface area contributed by atoms with E-state index < -0.39 is 54.4 Å². The third kappa shape index (κ3) is 7.52. The third-order valence-corrected chi connectivity index (χ3v) is 12.2. The van der Waals surface area contributed by atoms with Crippen molar-refractivity contribution in [2.45, 2.75) is 42.1 Å². The first kappa shape index (κ1) is 33.4. The SMILES string of the molecule is CSC1CC(N)C(=O)Oc2ccc(cc2)N1S(=O)(=O)NS(=O)(=O)c1cnc(N2CCC(C(=O)O)CC2)nc1NCc1ccccc1. The monoisotopic (exact) mass is 691 g/mol. The second-order valence-electron chi connectivity index (χ2n) is 10.7. The van der Waals surface area contributed by atoms with Crippen molar-refractivity contribution in [2.75, 3.05) is 33.9 Å². The number of hydrogen-bond donors (Lipinski definition) is 4. The van der Waals surface area contributed by atoms with Gasteiger partial charge in [-0.15, -0.1) is 11.8 Å². The number of rotatable bonds is 10. The third-order valence-electron chi connectivity index (χ3n) is 7.54. The second-order valence-corrected chi connectivity index (χ2v) is 15.1. The molecule has 1 fully saturated rings. The average molecular weight is 692 g/mol. The van der Waals surface area contributed by atoms with Crippen molar-refractivity contribution < 1.29 is 36.3 Å². The van der Waals surface area contributed by atoms with Crippen LogP contribution in [0.25, 0.3) is 0 Å². The normalized spacial score (nSPS) is 19.5. The van der Waals surface area contributed by atoms with Gasteiger partial charge in [-0.1, -0.05) is 34.5 Å². The number of piperidine rings is 1. The summed E-state index contributed by atoms with van der Waals surface area (Å²) in [5.74, 6) is -1.96. The zero-order valence-corrected chi connectivity index (χ0v) is 27.1. The van der Waals surface area contributed by atoms with E-state index in [4.69, 9.17) is 10.5 Å². The van der Waals surface area contributed by atoms with E-state index in [0.717, 1.165) is 27.8 Å². The molecule has 2 atom stereocenters. The summed E-state index contributed by atoms with van der Waals surface area (Å²) in [6.07, 6.45) is 3.18. The molecule has 4 heterocycles. The van der Waals surface area contributed by atoms with Gasteiger partial charge < -0.3 is 25.8 Å². The molecule has 5 N–H and O–H groups in total. The van der Waals surface area contributed by atoms with E-state index in [1.54, 1.807) is 11.2 Å². The first-order chi connectivity index (χ1) is 21.9. The summed E-state index contributed by atoms with van der Waals surface area (Å²) >= 11 is 1.06. The highest BCUT2D eigenvalue weighted by molar-refractivity contribution is 8.06. The van der Waals surface area contributed by atoms with Gasteiger partial charge in [0.25, 0.3) is 10.0 Å². The maximum Gasteiger partial charge on any atom is 0.328 e. The van der Waals surface area contributed by atoms with Crippen LogP contribution in [-0.4, -0.2) is 74.6 Å². The zero-order valence-electron chi connectivity index (χ0n) is 24.6. The minimum atomic E-state index is -4.86. The molecule has 246 valence electrons. The van der Waals surface area contributed by atoms with Crippen molar-refractivity contribution in [1.29, 1.82) is 0 Å². The average Bonchev–Trinajstić information content (AvgIpc) is 3.03. The molecule has 6 rings (SSSR count). The number of aromatic nitrogens is 2. The van der Waals surface area contributed by atoms with Gasteiger partial charge in [-0.2, -0.15) is 13.4 Å². The molecule has 18 heteroatoms. The fourth-order valence-electron chi connectivity index (χ4n) is 5.08. The van der Waals surface area contributed by atoms with Crippen LogP contribution >= 0.6 is 11.8 Å². The van der Waals surface area contributed by atoms with Crippen molar-refractivity contribution >= 4 is 61.4 Å². The number of sulfonamides is 1. The van der Waals surface area contributed by atoms with Gasteiger partial charge in [0, 0.05) is 26.1 Å². The van der Waals surface area contributed by atoms with E-state index in [1.807, 2.05) is 34.5 Å². The van der Waals surface area contributed by atoms with Crippen LogP contribution in [0.3, 0.4) is 0 Å². The Labute approximate surface area is 270 Å². The topological polar surface area (TPSA) is 214 Å². The van der Waals surface area contributed by atoms with Crippen molar-refractivity contribution in [2.24, 2.45) is 11.7 Å². The van der Waals surface area contributed by atoms with Crippen LogP contribution in [-0.2, 0) is 36.4 Å². The molecule has 0 radical (unpaired) electrons. The molecule has 2 bridgehead atoms. The summed E-state index contributed by atoms with van der Waals surface area (Å²) in [7, 11) is -9.70. The number of nitrogens with two attached hydrogens (primary N) is 1. The molecule has 2 aromatic carbocycles. The van der Waals surface area contributed by atoms with Gasteiger partial charge in [0.2, 0.25) is 5.95 Å². The number of nitrogens with one attached hydrogen (secondary N) is 2. The quantitative estimate of drug-likeness (QED) is 0.176. The number of benzene rings is 2. The van der Waals surface area contributed by atoms with Gasteiger partial charge in [0.15, 0.2) is 5.82 Å². The van der Waals surface area contributed by atoms with Crippen LogP contribution in [0.1, 0.15) is 24.8 Å². The number of thioether (sulfide) groups is 1. The highest BCUT2D eigenvalue weighted by atomic mass is 32.3. The molecule has 0 amide bonds. The van der Waals surface area contributed by atoms with Crippen molar-refractivity contribution in [3.8, 4) is 5.75 Å². The highest BCUT2D eigenvalue weighted by Gasteiger charge is 2.38. The Kier molecular flexibility index (Phi) is 10.0. The molecule has 3 aliphatic heterocycles. The van der Waals surface area contributed by atoms with E-state index in [2.05, 4.69) is 15.3 Å². The molecular formula is C28H33N7O8S3.